The molecule has 3 aromatic rings. The lowest BCUT2D eigenvalue weighted by atomic mass is 9.98. The van der Waals surface area contributed by atoms with E-state index >= 15 is 0 Å². The summed E-state index contributed by atoms with van der Waals surface area (Å²) in [5, 5.41) is 0. The monoisotopic (exact) mass is 504 g/mol. The van der Waals surface area contributed by atoms with Crippen LogP contribution in [0, 0.1) is 11.6 Å². The molecule has 0 spiro atoms. The molecular weight excluding hydrogens is 474 g/mol. The molecule has 0 saturated heterocycles. The number of imide groups is 1. The second kappa shape index (κ2) is 13.3. The van der Waals surface area contributed by atoms with Gasteiger partial charge in [0.15, 0.2) is 0 Å². The maximum absolute atomic E-state index is 14.3. The van der Waals surface area contributed by atoms with Gasteiger partial charge in [0, 0.05) is 37.8 Å². The maximum Gasteiger partial charge on any atom is 0.262 e. The zero-order valence-corrected chi connectivity index (χ0v) is 21.0. The van der Waals surface area contributed by atoms with Gasteiger partial charge >= 0.3 is 0 Å². The van der Waals surface area contributed by atoms with E-state index in [9.17, 15) is 23.2 Å². The molecule has 0 heterocycles. The minimum absolute atomic E-state index is 0.114. The number of aryl methyl sites for hydroxylation is 1. The van der Waals surface area contributed by atoms with E-state index in [1.807, 2.05) is 36.4 Å². The standard InChI is InChI=1S/C30H30F2N2O3/c1-22(33(2)20-26-27(31)14-7-15-28(26)32)29(25-13-6-11-24(19-25)12-8-18-35)30(37)34(21-36)17-16-23-9-4-3-5-10-23/h3-7,9-11,13-15,18-19,21H,8,12,16-17,20H2,1-2H3/b29-22-. The van der Waals surface area contributed by atoms with Gasteiger partial charge in [-0.3, -0.25) is 14.5 Å². The first-order chi connectivity index (χ1) is 17.8. The summed E-state index contributed by atoms with van der Waals surface area (Å²) >= 11 is 0. The highest BCUT2D eigenvalue weighted by Gasteiger charge is 2.24. The third-order valence-electron chi connectivity index (χ3n) is 6.24. The van der Waals surface area contributed by atoms with Crippen molar-refractivity contribution in [3.05, 3.63) is 112 Å². The Hall–Kier alpha value is -4.13. The van der Waals surface area contributed by atoms with Crippen LogP contribution in [0.5, 0.6) is 0 Å². The van der Waals surface area contributed by atoms with Crippen molar-refractivity contribution in [2.75, 3.05) is 13.6 Å². The van der Waals surface area contributed by atoms with E-state index in [0.717, 1.165) is 22.3 Å². The Morgan fingerprint density at radius 3 is 2.16 bits per heavy atom. The molecule has 0 N–H and O–H groups in total. The normalized spacial score (nSPS) is 11.5. The highest BCUT2D eigenvalue weighted by Crippen LogP contribution is 2.26. The smallest absolute Gasteiger partial charge is 0.262 e. The van der Waals surface area contributed by atoms with Crippen LogP contribution in [0.2, 0.25) is 0 Å². The first kappa shape index (κ1) is 27.5. The summed E-state index contributed by atoms with van der Waals surface area (Å²) in [6.45, 7) is 1.74. The predicted octanol–water partition coefficient (Wildman–Crippen LogP) is 5.19. The molecule has 0 aliphatic rings. The summed E-state index contributed by atoms with van der Waals surface area (Å²) < 4.78 is 28.7. The quantitative estimate of drug-likeness (QED) is 0.252. The van der Waals surface area contributed by atoms with E-state index in [-0.39, 0.29) is 24.2 Å². The summed E-state index contributed by atoms with van der Waals surface area (Å²) in [6.07, 6.45) is 2.64. The van der Waals surface area contributed by atoms with Crippen molar-refractivity contribution in [1.82, 2.24) is 9.80 Å². The average molecular weight is 505 g/mol. The summed E-state index contributed by atoms with van der Waals surface area (Å²) in [6, 6.07) is 20.4. The molecule has 7 heteroatoms. The molecule has 0 unspecified atom stereocenters. The van der Waals surface area contributed by atoms with Crippen molar-refractivity contribution in [2.24, 2.45) is 0 Å². The minimum atomic E-state index is -0.680. The number of hydrogen-bond donors (Lipinski definition) is 0. The lowest BCUT2D eigenvalue weighted by molar-refractivity contribution is -0.133. The van der Waals surface area contributed by atoms with Gasteiger partial charge in [0.2, 0.25) is 6.41 Å². The Balaban J connectivity index is 2.00. The molecule has 0 aromatic heterocycles. The minimum Gasteiger partial charge on any atom is -0.373 e. The first-order valence-electron chi connectivity index (χ1n) is 12.0. The van der Waals surface area contributed by atoms with Crippen LogP contribution in [0.15, 0.2) is 78.5 Å². The second-order valence-corrected chi connectivity index (χ2v) is 8.76. The number of rotatable bonds is 12. The van der Waals surface area contributed by atoms with E-state index in [1.54, 1.807) is 37.1 Å². The largest absolute Gasteiger partial charge is 0.373 e. The van der Waals surface area contributed by atoms with Crippen LogP contribution >= 0.6 is 0 Å². The van der Waals surface area contributed by atoms with Crippen LogP contribution in [-0.2, 0) is 33.8 Å². The zero-order valence-electron chi connectivity index (χ0n) is 21.0. The lowest BCUT2D eigenvalue weighted by Gasteiger charge is -2.26. The maximum atomic E-state index is 14.3. The fraction of sp³-hybridized carbons (Fsp3) is 0.233. The molecule has 3 rings (SSSR count). The Bertz CT molecular complexity index is 1250. The van der Waals surface area contributed by atoms with Gasteiger partial charge in [-0.15, -0.1) is 0 Å². The van der Waals surface area contributed by atoms with Gasteiger partial charge in [0.05, 0.1) is 5.57 Å². The molecule has 0 bridgehead atoms. The van der Waals surface area contributed by atoms with E-state index < -0.39 is 17.5 Å². The van der Waals surface area contributed by atoms with Crippen LogP contribution in [0.4, 0.5) is 8.78 Å². The number of halogens is 2. The molecule has 2 amide bonds. The van der Waals surface area contributed by atoms with Crippen LogP contribution < -0.4 is 0 Å². The number of aldehydes is 1. The van der Waals surface area contributed by atoms with Crippen LogP contribution in [0.3, 0.4) is 0 Å². The van der Waals surface area contributed by atoms with Gasteiger partial charge in [-0.1, -0.05) is 60.7 Å². The van der Waals surface area contributed by atoms with Crippen molar-refractivity contribution in [3.63, 3.8) is 0 Å². The third kappa shape index (κ3) is 7.19. The fourth-order valence-corrected chi connectivity index (χ4v) is 4.07. The van der Waals surface area contributed by atoms with Gasteiger partial charge < -0.3 is 9.69 Å². The highest BCUT2D eigenvalue weighted by molar-refractivity contribution is 6.22. The molecule has 0 radical (unpaired) electrons. The topological polar surface area (TPSA) is 57.7 Å². The van der Waals surface area contributed by atoms with Crippen molar-refractivity contribution >= 4 is 24.2 Å². The number of hydrogen-bond acceptors (Lipinski definition) is 4. The van der Waals surface area contributed by atoms with Gasteiger partial charge in [-0.25, -0.2) is 8.78 Å². The Labute approximate surface area is 216 Å². The molecular formula is C30H30F2N2O3. The molecule has 0 fully saturated rings. The lowest BCUT2D eigenvalue weighted by Crippen LogP contribution is -2.34. The highest BCUT2D eigenvalue weighted by atomic mass is 19.1. The predicted molar refractivity (Wildman–Crippen MR) is 139 cm³/mol. The Morgan fingerprint density at radius 1 is 0.865 bits per heavy atom. The number of carbonyl (C=O) groups excluding carboxylic acids is 3. The number of carbonyl (C=O) groups is 3. The average Bonchev–Trinajstić information content (AvgIpc) is 2.91. The molecule has 3 aromatic carbocycles. The molecule has 0 saturated carbocycles. The zero-order chi connectivity index (χ0) is 26.8. The molecule has 5 nitrogen and oxygen atoms in total. The molecule has 0 aliphatic carbocycles. The summed E-state index contributed by atoms with van der Waals surface area (Å²) in [7, 11) is 1.64. The fourth-order valence-electron chi connectivity index (χ4n) is 4.07. The van der Waals surface area contributed by atoms with Crippen LogP contribution in [0.25, 0.3) is 5.57 Å². The van der Waals surface area contributed by atoms with E-state index in [0.29, 0.717) is 36.9 Å². The summed E-state index contributed by atoms with van der Waals surface area (Å²) in [4.78, 5) is 39.3. The molecule has 0 atom stereocenters. The van der Waals surface area contributed by atoms with Gasteiger partial charge in [0.25, 0.3) is 5.91 Å². The second-order valence-electron chi connectivity index (χ2n) is 8.76. The summed E-state index contributed by atoms with van der Waals surface area (Å²) in [5.74, 6) is -1.88. The van der Waals surface area contributed by atoms with Gasteiger partial charge in [0.1, 0.15) is 17.9 Å². The van der Waals surface area contributed by atoms with E-state index in [4.69, 9.17) is 0 Å². The third-order valence-corrected chi connectivity index (χ3v) is 6.24. The summed E-state index contributed by atoms with van der Waals surface area (Å²) in [5.41, 5.74) is 2.96. The van der Waals surface area contributed by atoms with Crippen molar-refractivity contribution < 1.29 is 23.2 Å². The van der Waals surface area contributed by atoms with Gasteiger partial charge in [-0.05, 0) is 48.6 Å². The van der Waals surface area contributed by atoms with Gasteiger partial charge in [-0.2, -0.15) is 0 Å². The molecule has 37 heavy (non-hydrogen) atoms. The number of amides is 2. The first-order valence-corrected chi connectivity index (χ1v) is 12.0. The van der Waals surface area contributed by atoms with Crippen molar-refractivity contribution in [3.8, 4) is 0 Å². The van der Waals surface area contributed by atoms with E-state index in [2.05, 4.69) is 0 Å². The van der Waals surface area contributed by atoms with Crippen molar-refractivity contribution in [2.45, 2.75) is 32.7 Å². The Kier molecular flexibility index (Phi) is 9.84. The SMILES string of the molecule is C/C(=C(/C(=O)N(C=O)CCc1ccccc1)c1cccc(CCC=O)c1)N(C)Cc1c(F)cccc1F. The Morgan fingerprint density at radius 2 is 1.51 bits per heavy atom. The number of benzene rings is 3. The number of allylic oxidation sites excluding steroid dienone is 1. The van der Waals surface area contributed by atoms with Crippen LogP contribution in [-0.4, -0.2) is 42.0 Å². The van der Waals surface area contributed by atoms with E-state index in [1.165, 1.54) is 18.2 Å². The number of nitrogens with zero attached hydrogens (tertiary/aromatic N) is 2. The molecule has 0 aliphatic heterocycles. The van der Waals surface area contributed by atoms with Crippen LogP contribution in [0.1, 0.15) is 35.6 Å². The molecule has 192 valence electrons. The van der Waals surface area contributed by atoms with Crippen molar-refractivity contribution in [1.29, 1.82) is 0 Å².